The van der Waals surface area contributed by atoms with E-state index in [1.54, 1.807) is 12.1 Å². The molecular formula is C31H34Cl2F6O5. The molecule has 2 fully saturated rings. The Labute approximate surface area is 262 Å². The van der Waals surface area contributed by atoms with Gasteiger partial charge < -0.3 is 23.7 Å². The van der Waals surface area contributed by atoms with E-state index in [1.165, 1.54) is 12.1 Å². The molecule has 0 N–H and O–H groups in total. The predicted octanol–water partition coefficient (Wildman–Crippen LogP) is 10.6. The SMILES string of the molecule is CCCCCC1COC(C(F)(F)Oc2ccc(C3CCC(C(F)(F)Oc4cc(Cl)c(OC=C(F)F)c(Cl)c4)CC3)cc2)OC1. The van der Waals surface area contributed by atoms with Crippen molar-refractivity contribution in [2.75, 3.05) is 13.2 Å². The molecule has 0 atom stereocenters. The smallest absolute Gasteiger partial charge is 0.451 e. The van der Waals surface area contributed by atoms with Gasteiger partial charge in [-0.15, -0.1) is 0 Å². The van der Waals surface area contributed by atoms with Gasteiger partial charge in [-0.2, -0.15) is 26.3 Å². The van der Waals surface area contributed by atoms with E-state index in [0.29, 0.717) is 12.8 Å². The van der Waals surface area contributed by atoms with Crippen molar-refractivity contribution in [1.82, 2.24) is 0 Å². The third kappa shape index (κ3) is 9.34. The second kappa shape index (κ2) is 15.3. The van der Waals surface area contributed by atoms with E-state index < -0.39 is 30.5 Å². The van der Waals surface area contributed by atoms with Gasteiger partial charge in [-0.1, -0.05) is 61.5 Å². The number of ether oxygens (including phenoxy) is 5. The van der Waals surface area contributed by atoms with E-state index in [2.05, 4.69) is 11.7 Å². The molecule has 0 bridgehead atoms. The molecule has 0 aromatic heterocycles. The fourth-order valence-electron chi connectivity index (χ4n) is 5.42. The van der Waals surface area contributed by atoms with E-state index in [1.807, 2.05) is 0 Å². The molecule has 0 amide bonds. The van der Waals surface area contributed by atoms with Crippen LogP contribution in [0.15, 0.2) is 48.7 Å². The monoisotopic (exact) mass is 670 g/mol. The molecule has 2 aromatic rings. The first kappa shape index (κ1) is 34.5. The molecule has 1 heterocycles. The predicted molar refractivity (Wildman–Crippen MR) is 153 cm³/mol. The maximum absolute atomic E-state index is 15.0. The largest absolute Gasteiger partial charge is 0.456 e. The molecular weight excluding hydrogens is 637 g/mol. The summed E-state index contributed by atoms with van der Waals surface area (Å²) in [6.45, 7) is 2.46. The highest BCUT2D eigenvalue weighted by molar-refractivity contribution is 6.37. The molecule has 13 heteroatoms. The fourth-order valence-corrected chi connectivity index (χ4v) is 5.97. The second-order valence-electron chi connectivity index (χ2n) is 11.0. The van der Waals surface area contributed by atoms with Gasteiger partial charge >= 0.3 is 18.3 Å². The van der Waals surface area contributed by atoms with Crippen molar-refractivity contribution >= 4 is 23.2 Å². The maximum atomic E-state index is 15.0. The van der Waals surface area contributed by atoms with E-state index >= 15 is 8.78 Å². The van der Waals surface area contributed by atoms with Crippen LogP contribution in [0.3, 0.4) is 0 Å². The van der Waals surface area contributed by atoms with Crippen LogP contribution in [0.4, 0.5) is 26.3 Å². The minimum Gasteiger partial charge on any atom is -0.456 e. The van der Waals surface area contributed by atoms with Crippen molar-refractivity contribution in [1.29, 1.82) is 0 Å². The quantitative estimate of drug-likeness (QED) is 0.121. The third-order valence-electron chi connectivity index (χ3n) is 7.76. The van der Waals surface area contributed by atoms with Crippen LogP contribution in [0.2, 0.25) is 10.0 Å². The fraction of sp³-hybridized carbons (Fsp3) is 0.548. The lowest BCUT2D eigenvalue weighted by Crippen LogP contribution is -2.47. The first-order chi connectivity index (χ1) is 20.9. The lowest BCUT2D eigenvalue weighted by molar-refractivity contribution is -0.352. The summed E-state index contributed by atoms with van der Waals surface area (Å²) < 4.78 is 109. The Morgan fingerprint density at radius 1 is 0.864 bits per heavy atom. The molecule has 1 aliphatic heterocycles. The highest BCUT2D eigenvalue weighted by atomic mass is 35.5. The molecule has 2 aliphatic rings. The zero-order valence-electron chi connectivity index (χ0n) is 24.0. The van der Waals surface area contributed by atoms with E-state index in [0.717, 1.165) is 43.4 Å². The lowest BCUT2D eigenvalue weighted by Gasteiger charge is -2.34. The van der Waals surface area contributed by atoms with Crippen molar-refractivity contribution in [3.05, 3.63) is 64.3 Å². The van der Waals surface area contributed by atoms with Gasteiger partial charge in [0.05, 0.1) is 29.2 Å². The molecule has 44 heavy (non-hydrogen) atoms. The number of rotatable bonds is 13. The average molecular weight is 672 g/mol. The summed E-state index contributed by atoms with van der Waals surface area (Å²) in [6.07, 6.45) is -5.96. The Hall–Kier alpha value is -2.34. The highest BCUT2D eigenvalue weighted by Crippen LogP contribution is 2.45. The maximum Gasteiger partial charge on any atom is 0.451 e. The summed E-state index contributed by atoms with van der Waals surface area (Å²) in [4.78, 5) is 0. The Balaban J connectivity index is 1.27. The Morgan fingerprint density at radius 2 is 1.45 bits per heavy atom. The highest BCUT2D eigenvalue weighted by Gasteiger charge is 2.47. The standard InChI is InChI=1S/C31H34Cl2F6O5/c1-2-3-4-5-19-16-41-29(42-17-19)31(38,39)43-23-12-8-21(9-13-23)20-6-10-22(11-7-20)30(36,37)44-24-14-25(32)28(26(33)15-24)40-18-27(34)35/h8-9,12-15,18-20,22,29H,2-7,10-11,16-17H2,1H3. The van der Waals surface area contributed by atoms with E-state index in [4.69, 9.17) is 42.1 Å². The molecule has 1 saturated heterocycles. The average Bonchev–Trinajstić information content (AvgIpc) is 2.97. The molecule has 0 unspecified atom stereocenters. The zero-order valence-corrected chi connectivity index (χ0v) is 25.5. The minimum atomic E-state index is -3.69. The number of alkyl halides is 4. The van der Waals surface area contributed by atoms with Crippen LogP contribution in [0, 0.1) is 11.8 Å². The number of halogens is 8. The number of hydrogen-bond acceptors (Lipinski definition) is 5. The van der Waals surface area contributed by atoms with Gasteiger partial charge in [-0.05, 0) is 55.7 Å². The summed E-state index contributed by atoms with van der Waals surface area (Å²) in [7, 11) is 0. The van der Waals surface area contributed by atoms with Gasteiger partial charge in [0.1, 0.15) is 11.5 Å². The van der Waals surface area contributed by atoms with Crippen LogP contribution in [0.1, 0.15) is 69.8 Å². The van der Waals surface area contributed by atoms with Crippen LogP contribution in [0.5, 0.6) is 17.2 Å². The van der Waals surface area contributed by atoms with Crippen molar-refractivity contribution in [3.63, 3.8) is 0 Å². The molecule has 5 nitrogen and oxygen atoms in total. The topological polar surface area (TPSA) is 46.2 Å². The van der Waals surface area contributed by atoms with Crippen molar-refractivity contribution in [2.24, 2.45) is 11.8 Å². The molecule has 0 spiro atoms. The van der Waals surface area contributed by atoms with Crippen molar-refractivity contribution in [3.8, 4) is 17.2 Å². The first-order valence-electron chi connectivity index (χ1n) is 14.5. The summed E-state index contributed by atoms with van der Waals surface area (Å²) in [5.41, 5.74) is 0.816. The Morgan fingerprint density at radius 3 is 2.02 bits per heavy atom. The van der Waals surface area contributed by atoms with E-state index in [-0.39, 0.29) is 71.4 Å². The Bertz CT molecular complexity index is 1220. The normalized spacial score (nSPS) is 22.8. The lowest BCUT2D eigenvalue weighted by atomic mass is 9.78. The van der Waals surface area contributed by atoms with Gasteiger partial charge in [0, 0.05) is 18.1 Å². The number of unbranched alkanes of at least 4 members (excludes halogenated alkanes) is 2. The zero-order chi connectivity index (χ0) is 31.9. The van der Waals surface area contributed by atoms with Crippen LogP contribution in [-0.4, -0.2) is 31.7 Å². The molecule has 0 radical (unpaired) electrons. The van der Waals surface area contributed by atoms with Crippen molar-refractivity contribution in [2.45, 2.75) is 82.7 Å². The van der Waals surface area contributed by atoms with Gasteiger partial charge in [0.25, 0.3) is 6.29 Å². The minimum absolute atomic E-state index is 0.0597. The van der Waals surface area contributed by atoms with Gasteiger partial charge in [-0.25, -0.2) is 0 Å². The molecule has 4 rings (SSSR count). The number of hydrogen-bond donors (Lipinski definition) is 0. The molecule has 1 aliphatic carbocycles. The van der Waals surface area contributed by atoms with Crippen molar-refractivity contribution < 1.29 is 50.0 Å². The van der Waals surface area contributed by atoms with Gasteiger partial charge in [0.2, 0.25) is 0 Å². The van der Waals surface area contributed by atoms with E-state index in [9.17, 15) is 17.6 Å². The van der Waals surface area contributed by atoms with Crippen LogP contribution < -0.4 is 14.2 Å². The van der Waals surface area contributed by atoms with Gasteiger partial charge in [0.15, 0.2) is 12.0 Å². The first-order valence-corrected chi connectivity index (χ1v) is 15.3. The third-order valence-corrected chi connectivity index (χ3v) is 8.32. The summed E-state index contributed by atoms with van der Waals surface area (Å²) >= 11 is 11.9. The Kier molecular flexibility index (Phi) is 12.0. The number of benzene rings is 2. The van der Waals surface area contributed by atoms with Crippen LogP contribution in [-0.2, 0) is 9.47 Å². The summed E-state index contributed by atoms with van der Waals surface area (Å²) in [6, 6.07) is 8.16. The van der Waals surface area contributed by atoms with Gasteiger partial charge in [-0.3, -0.25) is 0 Å². The molecule has 1 saturated carbocycles. The van der Waals surface area contributed by atoms with Crippen LogP contribution >= 0.6 is 23.2 Å². The summed E-state index contributed by atoms with van der Waals surface area (Å²) in [5, 5.41) is -0.556. The second-order valence-corrected chi connectivity index (χ2v) is 11.9. The summed E-state index contributed by atoms with van der Waals surface area (Å²) in [5.74, 6) is -1.82. The molecule has 244 valence electrons. The molecule has 2 aromatic carbocycles. The van der Waals surface area contributed by atoms with Crippen LogP contribution in [0.25, 0.3) is 0 Å².